The number of ether oxygens (including phenoxy) is 2. The first-order chi connectivity index (χ1) is 21.4. The molecule has 0 aliphatic heterocycles. The molecule has 0 aliphatic rings. The summed E-state index contributed by atoms with van der Waals surface area (Å²) < 4.78 is 11.5. The van der Waals surface area contributed by atoms with E-state index in [9.17, 15) is 9.59 Å². The first kappa shape index (κ1) is 28.5. The second-order valence-electron chi connectivity index (χ2n) is 10.8. The smallest absolute Gasteiger partial charge is 0.262 e. The normalized spacial score (nSPS) is 10.9. The largest absolute Gasteiger partial charge is 0.484 e. The molecule has 0 aromatic heterocycles. The highest BCUT2D eigenvalue weighted by atomic mass is 16.5. The fraction of sp³-hybridized carbons (Fsp3) is 0.105. The Bertz CT molecular complexity index is 1850. The number of aryl methyl sites for hydroxylation is 2. The lowest BCUT2D eigenvalue weighted by Crippen LogP contribution is -2.20. The molecule has 44 heavy (non-hydrogen) atoms. The Balaban J connectivity index is 1.03. The molecule has 6 aromatic carbocycles. The standard InChI is InChI=1S/C38H32N2O4/c1-25-19-31(13-17-35(25)39-37(41)23-43-33-15-11-27-7-3-5-9-29(27)21-33)32-14-18-36(26(2)20-32)40-38(42)24-44-34-16-12-28-8-4-6-10-30(28)22-34/h3-22H,23-24H2,1-2H3,(H,39,41)(H,40,42). The topological polar surface area (TPSA) is 76.7 Å². The zero-order valence-corrected chi connectivity index (χ0v) is 24.6. The van der Waals surface area contributed by atoms with Crippen molar-refractivity contribution in [2.24, 2.45) is 0 Å². The van der Waals surface area contributed by atoms with E-state index in [4.69, 9.17) is 9.47 Å². The van der Waals surface area contributed by atoms with Crippen LogP contribution in [-0.4, -0.2) is 25.0 Å². The Labute approximate surface area is 256 Å². The lowest BCUT2D eigenvalue weighted by Gasteiger charge is -2.14. The first-order valence-electron chi connectivity index (χ1n) is 14.5. The predicted molar refractivity (Wildman–Crippen MR) is 177 cm³/mol. The minimum Gasteiger partial charge on any atom is -0.484 e. The van der Waals surface area contributed by atoms with Gasteiger partial charge in [-0.2, -0.15) is 0 Å². The average Bonchev–Trinajstić information content (AvgIpc) is 3.04. The van der Waals surface area contributed by atoms with Crippen LogP contribution >= 0.6 is 0 Å². The highest BCUT2D eigenvalue weighted by Gasteiger charge is 2.11. The molecule has 6 heteroatoms. The van der Waals surface area contributed by atoms with E-state index >= 15 is 0 Å². The molecule has 0 bridgehead atoms. The Kier molecular flexibility index (Phi) is 8.23. The summed E-state index contributed by atoms with van der Waals surface area (Å²) in [5, 5.41) is 10.3. The highest BCUT2D eigenvalue weighted by molar-refractivity contribution is 5.94. The number of fused-ring (bicyclic) bond motifs is 2. The van der Waals surface area contributed by atoms with Gasteiger partial charge in [-0.25, -0.2) is 0 Å². The van der Waals surface area contributed by atoms with Crippen LogP contribution in [0.15, 0.2) is 121 Å². The summed E-state index contributed by atoms with van der Waals surface area (Å²) in [7, 11) is 0. The van der Waals surface area contributed by atoms with Crippen molar-refractivity contribution in [1.82, 2.24) is 0 Å². The maximum absolute atomic E-state index is 12.6. The van der Waals surface area contributed by atoms with E-state index in [1.807, 2.05) is 135 Å². The minimum absolute atomic E-state index is 0.0841. The van der Waals surface area contributed by atoms with E-state index in [2.05, 4.69) is 10.6 Å². The molecule has 0 aliphatic carbocycles. The lowest BCUT2D eigenvalue weighted by atomic mass is 10.00. The van der Waals surface area contributed by atoms with Gasteiger partial charge >= 0.3 is 0 Å². The second kappa shape index (κ2) is 12.7. The van der Waals surface area contributed by atoms with E-state index in [0.29, 0.717) is 11.5 Å². The fourth-order valence-corrected chi connectivity index (χ4v) is 5.15. The Hall–Kier alpha value is -5.62. The van der Waals surface area contributed by atoms with E-state index in [1.54, 1.807) is 0 Å². The van der Waals surface area contributed by atoms with Gasteiger partial charge in [0.2, 0.25) is 0 Å². The molecule has 0 unspecified atom stereocenters. The zero-order chi connectivity index (χ0) is 30.5. The SMILES string of the molecule is Cc1cc(-c2ccc(NC(=O)COc3ccc4ccccc4c3)c(C)c2)ccc1NC(=O)COc1ccc2ccccc2c1. The molecule has 2 N–H and O–H groups in total. The van der Waals surface area contributed by atoms with Gasteiger partial charge < -0.3 is 20.1 Å². The van der Waals surface area contributed by atoms with Crippen molar-refractivity contribution >= 4 is 44.7 Å². The van der Waals surface area contributed by atoms with Crippen LogP contribution < -0.4 is 20.1 Å². The summed E-state index contributed by atoms with van der Waals surface area (Å²) in [6.45, 7) is 3.75. The van der Waals surface area contributed by atoms with E-state index in [1.165, 1.54) is 0 Å². The van der Waals surface area contributed by atoms with Gasteiger partial charge in [0.15, 0.2) is 13.2 Å². The molecule has 2 amide bonds. The molecule has 0 radical (unpaired) electrons. The van der Waals surface area contributed by atoms with Crippen molar-refractivity contribution in [2.75, 3.05) is 23.8 Å². The number of nitrogens with one attached hydrogen (secondary N) is 2. The molecule has 0 heterocycles. The van der Waals surface area contributed by atoms with Gasteiger partial charge in [-0.15, -0.1) is 0 Å². The number of carbonyl (C=O) groups excluding carboxylic acids is 2. The Morgan fingerprint density at radius 1 is 0.500 bits per heavy atom. The molecule has 0 saturated heterocycles. The Morgan fingerprint density at radius 2 is 0.909 bits per heavy atom. The molecule has 0 spiro atoms. The summed E-state index contributed by atoms with van der Waals surface area (Å²) in [5.74, 6) is 0.848. The summed E-state index contributed by atoms with van der Waals surface area (Å²) in [4.78, 5) is 25.3. The number of amides is 2. The molecule has 6 rings (SSSR count). The van der Waals surface area contributed by atoms with E-state index in [-0.39, 0.29) is 25.0 Å². The van der Waals surface area contributed by atoms with E-state index < -0.39 is 0 Å². The monoisotopic (exact) mass is 580 g/mol. The van der Waals surface area contributed by atoms with E-state index in [0.717, 1.165) is 55.2 Å². The summed E-state index contributed by atoms with van der Waals surface area (Å²) in [6, 6.07) is 39.4. The number of hydrogen-bond donors (Lipinski definition) is 2. The summed E-state index contributed by atoms with van der Waals surface area (Å²) in [5.41, 5.74) is 5.34. The van der Waals surface area contributed by atoms with Crippen molar-refractivity contribution in [3.8, 4) is 22.6 Å². The van der Waals surface area contributed by atoms with Crippen LogP contribution in [0.4, 0.5) is 11.4 Å². The van der Waals surface area contributed by atoms with Crippen LogP contribution in [0.3, 0.4) is 0 Å². The quantitative estimate of drug-likeness (QED) is 0.180. The molecule has 0 atom stereocenters. The number of rotatable bonds is 9. The first-order valence-corrected chi connectivity index (χ1v) is 14.5. The van der Waals surface area contributed by atoms with Gasteiger partial charge in [0.05, 0.1) is 0 Å². The number of benzene rings is 6. The van der Waals surface area contributed by atoms with Gasteiger partial charge in [0, 0.05) is 11.4 Å². The van der Waals surface area contributed by atoms with Crippen LogP contribution in [0, 0.1) is 13.8 Å². The predicted octanol–water partition coefficient (Wildman–Crippen LogP) is 8.31. The molecule has 218 valence electrons. The molecular weight excluding hydrogens is 548 g/mol. The maximum atomic E-state index is 12.6. The second-order valence-corrected chi connectivity index (χ2v) is 10.8. The number of anilines is 2. The van der Waals surface area contributed by atoms with Gasteiger partial charge in [-0.05, 0) is 106 Å². The van der Waals surface area contributed by atoms with Gasteiger partial charge in [-0.3, -0.25) is 9.59 Å². The van der Waals surface area contributed by atoms with Crippen LogP contribution in [0.2, 0.25) is 0 Å². The van der Waals surface area contributed by atoms with Crippen molar-refractivity contribution < 1.29 is 19.1 Å². The highest BCUT2D eigenvalue weighted by Crippen LogP contribution is 2.29. The lowest BCUT2D eigenvalue weighted by molar-refractivity contribution is -0.118. The minimum atomic E-state index is -0.227. The van der Waals surface area contributed by atoms with Gasteiger partial charge in [0.1, 0.15) is 11.5 Å². The zero-order valence-electron chi connectivity index (χ0n) is 24.6. The Morgan fingerprint density at radius 3 is 1.32 bits per heavy atom. The molecule has 6 aromatic rings. The molecule has 0 fully saturated rings. The van der Waals surface area contributed by atoms with Crippen molar-refractivity contribution in [3.05, 3.63) is 132 Å². The fourth-order valence-electron chi connectivity index (χ4n) is 5.15. The molecule has 6 nitrogen and oxygen atoms in total. The van der Waals surface area contributed by atoms with Crippen LogP contribution in [0.5, 0.6) is 11.5 Å². The van der Waals surface area contributed by atoms with Crippen molar-refractivity contribution in [3.63, 3.8) is 0 Å². The van der Waals surface area contributed by atoms with Crippen LogP contribution in [0.1, 0.15) is 11.1 Å². The third kappa shape index (κ3) is 6.71. The number of carbonyl (C=O) groups is 2. The third-order valence-corrected chi connectivity index (χ3v) is 7.52. The summed E-state index contributed by atoms with van der Waals surface area (Å²) >= 11 is 0. The van der Waals surface area contributed by atoms with Gasteiger partial charge in [-0.1, -0.05) is 72.8 Å². The van der Waals surface area contributed by atoms with Crippen molar-refractivity contribution in [1.29, 1.82) is 0 Å². The summed E-state index contributed by atoms with van der Waals surface area (Å²) in [6.07, 6.45) is 0. The number of hydrogen-bond acceptors (Lipinski definition) is 4. The molecule has 0 saturated carbocycles. The third-order valence-electron chi connectivity index (χ3n) is 7.52. The van der Waals surface area contributed by atoms with Crippen LogP contribution in [0.25, 0.3) is 32.7 Å². The molecular formula is C38H32N2O4. The maximum Gasteiger partial charge on any atom is 0.262 e. The van der Waals surface area contributed by atoms with Gasteiger partial charge in [0.25, 0.3) is 11.8 Å². The average molecular weight is 581 g/mol. The van der Waals surface area contributed by atoms with Crippen molar-refractivity contribution in [2.45, 2.75) is 13.8 Å². The van der Waals surface area contributed by atoms with Crippen LogP contribution in [-0.2, 0) is 9.59 Å².